The second kappa shape index (κ2) is 6.27. The maximum atomic E-state index is 12.5. The molecular formula is C14H20N6O2. The lowest BCUT2D eigenvalue weighted by Crippen LogP contribution is -2.31. The molecule has 0 spiro atoms. The van der Waals surface area contributed by atoms with Gasteiger partial charge in [-0.25, -0.2) is 4.68 Å². The molecule has 22 heavy (non-hydrogen) atoms. The Balaban J connectivity index is 1.79. The molecule has 8 nitrogen and oxygen atoms in total. The first-order valence-corrected chi connectivity index (χ1v) is 7.46. The number of hydrogen-bond donors (Lipinski definition) is 1. The van der Waals surface area contributed by atoms with Crippen molar-refractivity contribution in [1.29, 1.82) is 0 Å². The Labute approximate surface area is 128 Å². The standard InChI is InChI=1S/C14H20N6O2/c1-10(2)22-9-12-13-8-19(6-3-7-20(13)18-17-12)14(21)11-4-5-15-16-11/h4-5,10H,3,6-9H2,1-2H3,(H,15,16). The molecule has 8 heteroatoms. The molecule has 0 saturated heterocycles. The number of carbonyl (C=O) groups is 1. The second-order valence-corrected chi connectivity index (χ2v) is 5.62. The normalized spacial score (nSPS) is 15.0. The number of nitrogens with zero attached hydrogens (tertiary/aromatic N) is 5. The quantitative estimate of drug-likeness (QED) is 0.909. The van der Waals surface area contributed by atoms with Crippen molar-refractivity contribution in [3.63, 3.8) is 0 Å². The summed E-state index contributed by atoms with van der Waals surface area (Å²) < 4.78 is 7.50. The summed E-state index contributed by atoms with van der Waals surface area (Å²) in [6, 6.07) is 1.69. The number of aromatic nitrogens is 5. The smallest absolute Gasteiger partial charge is 0.272 e. The van der Waals surface area contributed by atoms with Crippen LogP contribution in [0.25, 0.3) is 0 Å². The Bertz CT molecular complexity index is 634. The van der Waals surface area contributed by atoms with E-state index >= 15 is 0 Å². The van der Waals surface area contributed by atoms with Gasteiger partial charge in [0.05, 0.1) is 24.9 Å². The van der Waals surface area contributed by atoms with E-state index in [2.05, 4.69) is 20.5 Å². The minimum Gasteiger partial charge on any atom is -0.372 e. The zero-order valence-electron chi connectivity index (χ0n) is 12.8. The molecule has 1 N–H and O–H groups in total. The minimum absolute atomic E-state index is 0.0529. The van der Waals surface area contributed by atoms with Crippen LogP contribution in [-0.4, -0.2) is 48.6 Å². The fourth-order valence-corrected chi connectivity index (χ4v) is 2.47. The molecule has 0 atom stereocenters. The molecule has 2 aromatic heterocycles. The van der Waals surface area contributed by atoms with Gasteiger partial charge < -0.3 is 9.64 Å². The van der Waals surface area contributed by atoms with Gasteiger partial charge in [0.2, 0.25) is 0 Å². The summed E-state index contributed by atoms with van der Waals surface area (Å²) in [5.41, 5.74) is 2.25. The van der Waals surface area contributed by atoms with Crippen LogP contribution in [0.2, 0.25) is 0 Å². The van der Waals surface area contributed by atoms with Gasteiger partial charge in [0.25, 0.3) is 5.91 Å². The lowest BCUT2D eigenvalue weighted by atomic mass is 10.2. The third-order valence-corrected chi connectivity index (χ3v) is 3.63. The zero-order valence-corrected chi connectivity index (χ0v) is 12.8. The van der Waals surface area contributed by atoms with E-state index in [4.69, 9.17) is 4.74 Å². The van der Waals surface area contributed by atoms with E-state index in [-0.39, 0.29) is 12.0 Å². The van der Waals surface area contributed by atoms with Crippen LogP contribution < -0.4 is 0 Å². The van der Waals surface area contributed by atoms with Crippen LogP contribution in [0.4, 0.5) is 0 Å². The summed E-state index contributed by atoms with van der Waals surface area (Å²) >= 11 is 0. The lowest BCUT2D eigenvalue weighted by molar-refractivity contribution is 0.0618. The highest BCUT2D eigenvalue weighted by Crippen LogP contribution is 2.17. The molecule has 0 unspecified atom stereocenters. The summed E-state index contributed by atoms with van der Waals surface area (Å²) in [4.78, 5) is 14.3. The predicted molar refractivity (Wildman–Crippen MR) is 77.9 cm³/mol. The van der Waals surface area contributed by atoms with Crippen LogP contribution >= 0.6 is 0 Å². The van der Waals surface area contributed by atoms with Gasteiger partial charge in [0.15, 0.2) is 0 Å². The number of fused-ring (bicyclic) bond motifs is 1. The first-order valence-electron chi connectivity index (χ1n) is 7.46. The molecule has 3 rings (SSSR count). The molecule has 0 fully saturated rings. The van der Waals surface area contributed by atoms with Gasteiger partial charge in [0, 0.05) is 19.3 Å². The average Bonchev–Trinajstić information content (AvgIpc) is 3.10. The number of aryl methyl sites for hydroxylation is 1. The fourth-order valence-electron chi connectivity index (χ4n) is 2.47. The third-order valence-electron chi connectivity index (χ3n) is 3.63. The molecule has 2 aromatic rings. The van der Waals surface area contributed by atoms with Gasteiger partial charge in [0.1, 0.15) is 11.4 Å². The van der Waals surface area contributed by atoms with Crippen molar-refractivity contribution in [1.82, 2.24) is 30.1 Å². The number of aromatic amines is 1. The van der Waals surface area contributed by atoms with E-state index in [0.29, 0.717) is 25.4 Å². The summed E-state index contributed by atoms with van der Waals surface area (Å²) in [5.74, 6) is -0.0529. The van der Waals surface area contributed by atoms with Crippen LogP contribution in [0.3, 0.4) is 0 Å². The highest BCUT2D eigenvalue weighted by molar-refractivity contribution is 5.92. The van der Waals surface area contributed by atoms with Crippen molar-refractivity contribution in [3.8, 4) is 0 Å². The van der Waals surface area contributed by atoms with Gasteiger partial charge in [-0.15, -0.1) is 5.10 Å². The molecule has 0 bridgehead atoms. The number of H-pyrrole nitrogens is 1. The predicted octanol–water partition coefficient (Wildman–Crippen LogP) is 0.972. The summed E-state index contributed by atoms with van der Waals surface area (Å²) in [7, 11) is 0. The second-order valence-electron chi connectivity index (χ2n) is 5.62. The number of rotatable bonds is 4. The number of nitrogens with one attached hydrogen (secondary N) is 1. The summed E-state index contributed by atoms with van der Waals surface area (Å²) in [6.45, 7) is 6.32. The number of carbonyl (C=O) groups excluding carboxylic acids is 1. The molecule has 118 valence electrons. The number of hydrogen-bond acceptors (Lipinski definition) is 5. The maximum absolute atomic E-state index is 12.5. The Kier molecular flexibility index (Phi) is 4.19. The Morgan fingerprint density at radius 3 is 3.05 bits per heavy atom. The van der Waals surface area contributed by atoms with E-state index < -0.39 is 0 Å². The van der Waals surface area contributed by atoms with Gasteiger partial charge >= 0.3 is 0 Å². The van der Waals surface area contributed by atoms with Gasteiger partial charge in [-0.3, -0.25) is 9.89 Å². The monoisotopic (exact) mass is 304 g/mol. The summed E-state index contributed by atoms with van der Waals surface area (Å²) in [5, 5.41) is 14.9. The molecular weight excluding hydrogens is 284 g/mol. The van der Waals surface area contributed by atoms with Crippen molar-refractivity contribution in [2.75, 3.05) is 6.54 Å². The Morgan fingerprint density at radius 1 is 1.45 bits per heavy atom. The SMILES string of the molecule is CC(C)OCc1nnn2c1CN(C(=O)c1ccn[nH]1)CCC2. The maximum Gasteiger partial charge on any atom is 0.272 e. The Hall–Kier alpha value is -2.22. The van der Waals surface area contributed by atoms with Crippen LogP contribution in [0.5, 0.6) is 0 Å². The highest BCUT2D eigenvalue weighted by Gasteiger charge is 2.24. The number of ether oxygens (including phenoxy) is 1. The van der Waals surface area contributed by atoms with E-state index in [1.165, 1.54) is 0 Å². The minimum atomic E-state index is -0.0529. The van der Waals surface area contributed by atoms with Crippen LogP contribution in [-0.2, 0) is 24.4 Å². The van der Waals surface area contributed by atoms with E-state index in [9.17, 15) is 4.79 Å². The van der Waals surface area contributed by atoms with Crippen LogP contribution in [0.1, 0.15) is 42.1 Å². The van der Waals surface area contributed by atoms with Gasteiger partial charge in [-0.05, 0) is 26.3 Å². The van der Waals surface area contributed by atoms with Gasteiger partial charge in [-0.1, -0.05) is 5.21 Å². The van der Waals surface area contributed by atoms with E-state index in [0.717, 1.165) is 24.4 Å². The molecule has 3 heterocycles. The van der Waals surface area contributed by atoms with Crippen molar-refractivity contribution in [2.24, 2.45) is 0 Å². The van der Waals surface area contributed by atoms with Crippen LogP contribution in [0, 0.1) is 0 Å². The van der Waals surface area contributed by atoms with Gasteiger partial charge in [-0.2, -0.15) is 5.10 Å². The van der Waals surface area contributed by atoms with Crippen molar-refractivity contribution in [2.45, 2.75) is 46.1 Å². The molecule has 0 saturated carbocycles. The molecule has 0 aliphatic carbocycles. The van der Waals surface area contributed by atoms with Crippen molar-refractivity contribution < 1.29 is 9.53 Å². The molecule has 0 aromatic carbocycles. The molecule has 0 radical (unpaired) electrons. The molecule has 1 amide bonds. The Morgan fingerprint density at radius 2 is 2.32 bits per heavy atom. The lowest BCUT2D eigenvalue weighted by Gasteiger charge is -2.19. The molecule has 1 aliphatic heterocycles. The zero-order chi connectivity index (χ0) is 15.5. The highest BCUT2D eigenvalue weighted by atomic mass is 16.5. The third kappa shape index (κ3) is 3.01. The summed E-state index contributed by atoms with van der Waals surface area (Å²) in [6.07, 6.45) is 2.56. The largest absolute Gasteiger partial charge is 0.372 e. The van der Waals surface area contributed by atoms with E-state index in [1.54, 1.807) is 17.2 Å². The first-order chi connectivity index (χ1) is 10.6. The average molecular weight is 304 g/mol. The number of amides is 1. The topological polar surface area (TPSA) is 88.9 Å². The van der Waals surface area contributed by atoms with Crippen molar-refractivity contribution >= 4 is 5.91 Å². The first kappa shape index (κ1) is 14.7. The molecule has 1 aliphatic rings. The van der Waals surface area contributed by atoms with Crippen molar-refractivity contribution in [3.05, 3.63) is 29.3 Å². The van der Waals surface area contributed by atoms with Crippen LogP contribution in [0.15, 0.2) is 12.3 Å². The van der Waals surface area contributed by atoms with E-state index in [1.807, 2.05) is 18.5 Å². The fraction of sp³-hybridized carbons (Fsp3) is 0.571.